The van der Waals surface area contributed by atoms with Crippen molar-refractivity contribution in [3.05, 3.63) is 46.8 Å². The van der Waals surface area contributed by atoms with Gasteiger partial charge in [-0.15, -0.1) is 22.7 Å². The van der Waals surface area contributed by atoms with Gasteiger partial charge in [0, 0.05) is 14.5 Å². The van der Waals surface area contributed by atoms with Gasteiger partial charge in [-0.1, -0.05) is 29.8 Å². The van der Waals surface area contributed by atoms with Gasteiger partial charge in [0.25, 0.3) is 0 Å². The Balaban J connectivity index is 2.19. The molecule has 0 radical (unpaired) electrons. The minimum absolute atomic E-state index is 0.849. The zero-order chi connectivity index (χ0) is 10.3. The fraction of sp³-hybridized carbons (Fsp3) is 0. The molecule has 0 aliphatic rings. The molecule has 3 rings (SSSR count). The summed E-state index contributed by atoms with van der Waals surface area (Å²) in [4.78, 5) is 2.55. The molecule has 0 amide bonds. The largest absolute Gasteiger partial charge is 0.134 e. The zero-order valence-corrected chi connectivity index (χ0v) is 10.1. The Morgan fingerprint density at radius 1 is 0.867 bits per heavy atom. The summed E-state index contributed by atoms with van der Waals surface area (Å²) in [5.41, 5.74) is 0. The smallest absolute Gasteiger partial charge is 0.0935 e. The Kier molecular flexibility index (Phi) is 2.28. The molecule has 3 heteroatoms. The highest BCUT2D eigenvalue weighted by Crippen LogP contribution is 2.38. The van der Waals surface area contributed by atoms with Gasteiger partial charge < -0.3 is 0 Å². The maximum atomic E-state index is 5.93. The van der Waals surface area contributed by atoms with Crippen LogP contribution in [0.15, 0.2) is 42.5 Å². The standard InChI is InChI=1S/C12H7ClS2/c13-12-6-5-10(15-12)11-7-8-3-1-2-4-9(8)14-11/h1-7H. The summed E-state index contributed by atoms with van der Waals surface area (Å²) in [6, 6.07) is 14.7. The minimum atomic E-state index is 0.849. The number of fused-ring (bicyclic) bond motifs is 1. The summed E-state index contributed by atoms with van der Waals surface area (Å²) in [6.07, 6.45) is 0. The number of halogens is 1. The lowest BCUT2D eigenvalue weighted by Crippen LogP contribution is -1.58. The van der Waals surface area contributed by atoms with E-state index < -0.39 is 0 Å². The Bertz CT molecular complexity index is 574. The minimum Gasteiger partial charge on any atom is -0.134 e. The van der Waals surface area contributed by atoms with Gasteiger partial charge in [0.15, 0.2) is 0 Å². The number of hydrogen-bond acceptors (Lipinski definition) is 2. The van der Waals surface area contributed by atoms with Crippen LogP contribution in [0.5, 0.6) is 0 Å². The van der Waals surface area contributed by atoms with Crippen molar-refractivity contribution in [3.63, 3.8) is 0 Å². The average molecular weight is 251 g/mol. The number of rotatable bonds is 1. The molecular formula is C12H7ClS2. The highest BCUT2D eigenvalue weighted by atomic mass is 35.5. The van der Waals surface area contributed by atoms with Crippen molar-refractivity contribution in [3.8, 4) is 9.75 Å². The van der Waals surface area contributed by atoms with E-state index in [-0.39, 0.29) is 0 Å². The Morgan fingerprint density at radius 3 is 2.47 bits per heavy atom. The fourth-order valence-electron chi connectivity index (χ4n) is 1.55. The van der Waals surface area contributed by atoms with Gasteiger partial charge >= 0.3 is 0 Å². The second-order valence-electron chi connectivity index (χ2n) is 3.25. The van der Waals surface area contributed by atoms with Crippen molar-refractivity contribution in [2.75, 3.05) is 0 Å². The van der Waals surface area contributed by atoms with Crippen molar-refractivity contribution in [2.24, 2.45) is 0 Å². The molecule has 3 aromatic rings. The topological polar surface area (TPSA) is 0 Å². The van der Waals surface area contributed by atoms with Crippen molar-refractivity contribution in [1.82, 2.24) is 0 Å². The van der Waals surface area contributed by atoms with Crippen LogP contribution in [-0.2, 0) is 0 Å². The molecule has 1 aromatic carbocycles. The van der Waals surface area contributed by atoms with Crippen LogP contribution in [0.2, 0.25) is 4.34 Å². The zero-order valence-electron chi connectivity index (χ0n) is 7.74. The van der Waals surface area contributed by atoms with Crippen LogP contribution in [-0.4, -0.2) is 0 Å². The predicted molar refractivity (Wildman–Crippen MR) is 70.1 cm³/mol. The first-order chi connectivity index (χ1) is 7.33. The van der Waals surface area contributed by atoms with E-state index in [4.69, 9.17) is 11.6 Å². The molecule has 0 atom stereocenters. The monoisotopic (exact) mass is 250 g/mol. The summed E-state index contributed by atoms with van der Waals surface area (Å²) in [5, 5.41) is 1.31. The molecule has 15 heavy (non-hydrogen) atoms. The highest BCUT2D eigenvalue weighted by Gasteiger charge is 2.05. The van der Waals surface area contributed by atoms with Gasteiger partial charge in [-0.3, -0.25) is 0 Å². The number of thiophene rings is 2. The third-order valence-corrected chi connectivity index (χ3v) is 4.78. The molecule has 0 fully saturated rings. The third kappa shape index (κ3) is 1.69. The van der Waals surface area contributed by atoms with Gasteiger partial charge in [-0.25, -0.2) is 0 Å². The van der Waals surface area contributed by atoms with E-state index in [0.29, 0.717) is 0 Å². The Hall–Kier alpha value is -0.830. The predicted octanol–water partition coefficient (Wildman–Crippen LogP) is 5.28. The third-order valence-electron chi connectivity index (χ3n) is 2.24. The quantitative estimate of drug-likeness (QED) is 0.551. The normalized spacial score (nSPS) is 11.0. The second-order valence-corrected chi connectivity index (χ2v) is 6.05. The van der Waals surface area contributed by atoms with Crippen LogP contribution in [0.3, 0.4) is 0 Å². The average Bonchev–Trinajstić information content (AvgIpc) is 2.82. The van der Waals surface area contributed by atoms with E-state index in [9.17, 15) is 0 Å². The van der Waals surface area contributed by atoms with Crippen molar-refractivity contribution in [1.29, 1.82) is 0 Å². The van der Waals surface area contributed by atoms with E-state index >= 15 is 0 Å². The van der Waals surface area contributed by atoms with Gasteiger partial charge in [0.2, 0.25) is 0 Å². The molecular weight excluding hydrogens is 244 g/mol. The fourth-order valence-corrected chi connectivity index (χ4v) is 3.74. The molecule has 0 nitrogen and oxygen atoms in total. The molecule has 0 bridgehead atoms. The lowest BCUT2D eigenvalue weighted by Gasteiger charge is -1.86. The molecule has 0 saturated heterocycles. The van der Waals surface area contributed by atoms with Gasteiger partial charge in [-0.2, -0.15) is 0 Å². The molecule has 0 unspecified atom stereocenters. The summed E-state index contributed by atoms with van der Waals surface area (Å²) >= 11 is 9.38. The van der Waals surface area contributed by atoms with E-state index in [0.717, 1.165) is 4.34 Å². The first-order valence-corrected chi connectivity index (χ1v) is 6.58. The van der Waals surface area contributed by atoms with Crippen LogP contribution in [0, 0.1) is 0 Å². The summed E-state index contributed by atoms with van der Waals surface area (Å²) < 4.78 is 2.18. The highest BCUT2D eigenvalue weighted by molar-refractivity contribution is 7.27. The van der Waals surface area contributed by atoms with Crippen LogP contribution < -0.4 is 0 Å². The van der Waals surface area contributed by atoms with E-state index in [2.05, 4.69) is 36.4 Å². The van der Waals surface area contributed by atoms with Gasteiger partial charge in [0.1, 0.15) is 0 Å². The SMILES string of the molecule is Clc1ccc(-c2cc3ccccc3s2)s1. The lowest BCUT2D eigenvalue weighted by molar-refractivity contribution is 1.85. The summed E-state index contributed by atoms with van der Waals surface area (Å²) in [6.45, 7) is 0. The molecule has 2 aromatic heterocycles. The molecule has 2 heterocycles. The van der Waals surface area contributed by atoms with Crippen molar-refractivity contribution >= 4 is 44.4 Å². The number of hydrogen-bond donors (Lipinski definition) is 0. The van der Waals surface area contributed by atoms with E-state index in [1.807, 2.05) is 17.4 Å². The summed E-state index contributed by atoms with van der Waals surface area (Å²) in [5.74, 6) is 0. The molecule has 0 spiro atoms. The molecule has 0 aliphatic carbocycles. The van der Waals surface area contributed by atoms with E-state index in [1.165, 1.54) is 19.8 Å². The molecule has 0 aliphatic heterocycles. The summed E-state index contributed by atoms with van der Waals surface area (Å²) in [7, 11) is 0. The van der Waals surface area contributed by atoms with Crippen LogP contribution in [0.25, 0.3) is 19.8 Å². The second kappa shape index (κ2) is 3.63. The van der Waals surface area contributed by atoms with Crippen LogP contribution >= 0.6 is 34.3 Å². The molecule has 0 N–H and O–H groups in total. The number of benzene rings is 1. The van der Waals surface area contributed by atoms with Gasteiger partial charge in [0.05, 0.1) is 4.34 Å². The van der Waals surface area contributed by atoms with Crippen LogP contribution in [0.4, 0.5) is 0 Å². The first kappa shape index (κ1) is 9.40. The van der Waals surface area contributed by atoms with Crippen molar-refractivity contribution in [2.45, 2.75) is 0 Å². The first-order valence-electron chi connectivity index (χ1n) is 4.57. The Labute approximate surface area is 101 Å². The molecule has 0 saturated carbocycles. The van der Waals surface area contributed by atoms with E-state index in [1.54, 1.807) is 11.3 Å². The van der Waals surface area contributed by atoms with Crippen LogP contribution in [0.1, 0.15) is 0 Å². The maximum Gasteiger partial charge on any atom is 0.0935 e. The Morgan fingerprint density at radius 2 is 1.73 bits per heavy atom. The lowest BCUT2D eigenvalue weighted by atomic mass is 10.2. The van der Waals surface area contributed by atoms with Gasteiger partial charge in [-0.05, 0) is 29.7 Å². The maximum absolute atomic E-state index is 5.93. The van der Waals surface area contributed by atoms with Crippen molar-refractivity contribution < 1.29 is 0 Å². The molecule has 74 valence electrons.